The van der Waals surface area contributed by atoms with E-state index in [9.17, 15) is 0 Å². The molecule has 0 aromatic carbocycles. The zero-order valence-electron chi connectivity index (χ0n) is 12.2. The molecule has 3 heterocycles. The maximum absolute atomic E-state index is 7.46. The molecule has 2 aliphatic rings. The number of rotatable bonds is 1. The van der Waals surface area contributed by atoms with Crippen LogP contribution in [0.25, 0.3) is 0 Å². The first-order chi connectivity index (χ1) is 9.52. The van der Waals surface area contributed by atoms with Gasteiger partial charge >= 0.3 is 0 Å². The van der Waals surface area contributed by atoms with E-state index in [4.69, 9.17) is 17.6 Å². The van der Waals surface area contributed by atoms with E-state index in [0.29, 0.717) is 0 Å². The summed E-state index contributed by atoms with van der Waals surface area (Å²) in [5.74, 6) is 0.922. The van der Waals surface area contributed by atoms with Gasteiger partial charge in [-0.3, -0.25) is 4.98 Å². The fraction of sp³-hybridized carbons (Fsp3) is 0.692. The van der Waals surface area contributed by atoms with Gasteiger partial charge < -0.3 is 21.1 Å². The average molecular weight is 264 g/mol. The summed E-state index contributed by atoms with van der Waals surface area (Å²) in [6.07, 6.45) is 3.76. The molecule has 19 heavy (non-hydrogen) atoms. The van der Waals surface area contributed by atoms with Crippen molar-refractivity contribution in [1.29, 1.82) is 0 Å². The van der Waals surface area contributed by atoms with Gasteiger partial charge in [0.05, 0.1) is 26.5 Å². The highest BCUT2D eigenvalue weighted by Crippen LogP contribution is 2.41. The number of nitrogen functional groups attached to an aromatic ring is 1. The lowest BCUT2D eigenvalue weighted by molar-refractivity contribution is 0.0974. The van der Waals surface area contributed by atoms with Crippen LogP contribution in [0, 0.1) is 5.41 Å². The molecule has 0 amide bonds. The molecule has 1 aromatic rings. The predicted octanol–water partition coefficient (Wildman–Crippen LogP) is 0.391. The number of nitrogens with two attached hydrogens (primary N) is 2. The number of aromatic nitrogens is 2. The van der Waals surface area contributed by atoms with Crippen molar-refractivity contribution in [2.24, 2.45) is 11.1 Å². The molecule has 0 aliphatic carbocycles. The van der Waals surface area contributed by atoms with Gasteiger partial charge in [0.1, 0.15) is 11.6 Å². The second-order valence-corrected chi connectivity index (χ2v) is 5.62. The minimum atomic E-state index is 0.0299. The second kappa shape index (κ2) is 4.61. The fourth-order valence-electron chi connectivity index (χ4n) is 3.14. The van der Waals surface area contributed by atoms with Crippen LogP contribution in [0.5, 0.6) is 0 Å². The van der Waals surface area contributed by atoms with Crippen LogP contribution in [0.2, 0.25) is 0 Å². The molecule has 2 fully saturated rings. The zero-order chi connectivity index (χ0) is 14.3. The van der Waals surface area contributed by atoms with Gasteiger partial charge in [-0.15, -0.1) is 0 Å². The number of nitrogens with zero attached hydrogens (tertiary/aromatic N) is 3. The lowest BCUT2D eigenvalue weighted by atomic mass is 9.73. The molecule has 2 aliphatic heterocycles. The Morgan fingerprint density at radius 1 is 1.53 bits per heavy atom. The van der Waals surface area contributed by atoms with Crippen molar-refractivity contribution < 1.29 is 6.11 Å². The Balaban J connectivity index is 1.71. The van der Waals surface area contributed by atoms with Crippen molar-refractivity contribution in [3.63, 3.8) is 0 Å². The summed E-state index contributed by atoms with van der Waals surface area (Å²) < 4.78 is 13.2. The van der Waals surface area contributed by atoms with Crippen molar-refractivity contribution in [2.45, 2.75) is 31.9 Å². The molecule has 104 valence electrons. The van der Waals surface area contributed by atoms with Gasteiger partial charge in [-0.05, 0) is 19.8 Å². The smallest absolute Gasteiger partial charge is 0.149 e. The van der Waals surface area contributed by atoms with Crippen LogP contribution in [-0.2, 0) is 4.74 Å². The van der Waals surface area contributed by atoms with Crippen molar-refractivity contribution in [1.82, 2.24) is 9.97 Å². The van der Waals surface area contributed by atoms with Crippen LogP contribution in [-0.4, -0.2) is 41.8 Å². The van der Waals surface area contributed by atoms with E-state index in [1.54, 1.807) is 6.20 Å². The van der Waals surface area contributed by atoms with Gasteiger partial charge in [-0.1, -0.05) is 0 Å². The Morgan fingerprint density at radius 3 is 2.84 bits per heavy atom. The number of ether oxygens (including phenoxy) is 1. The maximum Gasteiger partial charge on any atom is 0.149 e. The Bertz CT molecular complexity index is 504. The van der Waals surface area contributed by atoms with E-state index in [1.165, 1.54) is 0 Å². The van der Waals surface area contributed by atoms with E-state index < -0.39 is 0 Å². The molecule has 0 unspecified atom stereocenters. The molecule has 0 bridgehead atoms. The number of hydrogen-bond acceptors (Lipinski definition) is 6. The molecular weight excluding hydrogens is 242 g/mol. The first-order valence-corrected chi connectivity index (χ1v) is 6.73. The highest BCUT2D eigenvalue weighted by Gasteiger charge is 2.47. The molecule has 6 nitrogen and oxygen atoms in total. The summed E-state index contributed by atoms with van der Waals surface area (Å²) in [6, 6.07) is 0.108. The predicted molar refractivity (Wildman–Crippen MR) is 73.7 cm³/mol. The SMILES string of the molecule is [2H]c1ncc(N2CCC3(CC2)CO[C@@H](C)[C@H]3N)nc1N. The van der Waals surface area contributed by atoms with E-state index in [2.05, 4.69) is 14.9 Å². The molecule has 0 radical (unpaired) electrons. The molecule has 0 saturated carbocycles. The van der Waals surface area contributed by atoms with Crippen molar-refractivity contribution >= 4 is 11.6 Å². The summed E-state index contributed by atoms with van der Waals surface area (Å²) in [5, 5.41) is 0. The Hall–Kier alpha value is -1.40. The molecule has 2 atom stereocenters. The number of anilines is 2. The van der Waals surface area contributed by atoms with Gasteiger partial charge in [-0.2, -0.15) is 0 Å². The van der Waals surface area contributed by atoms with Gasteiger partial charge in [-0.25, -0.2) is 4.98 Å². The van der Waals surface area contributed by atoms with E-state index in [-0.39, 0.29) is 29.6 Å². The van der Waals surface area contributed by atoms with Gasteiger partial charge in [0.15, 0.2) is 0 Å². The van der Waals surface area contributed by atoms with Gasteiger partial charge in [0.25, 0.3) is 0 Å². The minimum absolute atomic E-state index is 0.0299. The summed E-state index contributed by atoms with van der Waals surface area (Å²) in [6.45, 7) is 4.54. The zero-order valence-corrected chi connectivity index (χ0v) is 11.2. The Kier molecular flexibility index (Phi) is 2.77. The summed E-state index contributed by atoms with van der Waals surface area (Å²) >= 11 is 0. The molecule has 2 saturated heterocycles. The summed E-state index contributed by atoms with van der Waals surface area (Å²) in [5.41, 5.74) is 12.1. The average Bonchev–Trinajstić information content (AvgIpc) is 2.72. The fourth-order valence-corrected chi connectivity index (χ4v) is 3.14. The monoisotopic (exact) mass is 264 g/mol. The maximum atomic E-state index is 7.46. The number of piperidine rings is 1. The van der Waals surface area contributed by atoms with Crippen LogP contribution in [0.15, 0.2) is 12.4 Å². The lowest BCUT2D eigenvalue weighted by Gasteiger charge is -2.41. The minimum Gasteiger partial charge on any atom is -0.382 e. The first-order valence-electron chi connectivity index (χ1n) is 7.23. The van der Waals surface area contributed by atoms with Crippen molar-refractivity contribution in [2.75, 3.05) is 30.3 Å². The highest BCUT2D eigenvalue weighted by molar-refractivity contribution is 5.42. The third-order valence-electron chi connectivity index (χ3n) is 4.52. The Labute approximate surface area is 114 Å². The molecular formula is C13H21N5O. The molecule has 3 rings (SSSR count). The largest absolute Gasteiger partial charge is 0.382 e. The molecule has 4 N–H and O–H groups in total. The van der Waals surface area contributed by atoms with Crippen molar-refractivity contribution in [3.05, 3.63) is 12.4 Å². The van der Waals surface area contributed by atoms with Gasteiger partial charge in [0.2, 0.25) is 0 Å². The van der Waals surface area contributed by atoms with Crippen LogP contribution >= 0.6 is 0 Å². The molecule has 1 aromatic heterocycles. The van der Waals surface area contributed by atoms with Crippen LogP contribution < -0.4 is 16.4 Å². The quantitative estimate of drug-likeness (QED) is 0.762. The summed E-state index contributed by atoms with van der Waals surface area (Å²) in [4.78, 5) is 10.4. The molecule has 1 spiro atoms. The topological polar surface area (TPSA) is 90.3 Å². The van der Waals surface area contributed by atoms with Crippen LogP contribution in [0.3, 0.4) is 0 Å². The lowest BCUT2D eigenvalue weighted by Crippen LogP contribution is -2.50. The van der Waals surface area contributed by atoms with Gasteiger partial charge in [0, 0.05) is 24.5 Å². The van der Waals surface area contributed by atoms with E-state index >= 15 is 0 Å². The first kappa shape index (κ1) is 11.4. The summed E-state index contributed by atoms with van der Waals surface area (Å²) in [7, 11) is 0. The van der Waals surface area contributed by atoms with Crippen LogP contribution in [0.4, 0.5) is 11.6 Å². The highest BCUT2D eigenvalue weighted by atomic mass is 16.5. The third-order valence-corrected chi connectivity index (χ3v) is 4.52. The normalized spacial score (nSPS) is 30.6. The van der Waals surface area contributed by atoms with E-state index in [1.807, 2.05) is 6.92 Å². The van der Waals surface area contributed by atoms with Crippen molar-refractivity contribution in [3.8, 4) is 0 Å². The van der Waals surface area contributed by atoms with E-state index in [0.717, 1.165) is 38.4 Å². The Morgan fingerprint density at radius 2 is 2.26 bits per heavy atom. The third kappa shape index (κ3) is 2.15. The second-order valence-electron chi connectivity index (χ2n) is 5.62. The number of hydrogen-bond donors (Lipinski definition) is 2. The standard InChI is InChI=1S/C13H21N5O/c1-9-12(15)13(8-19-9)2-4-18(5-3-13)11-7-16-6-10(14)17-11/h6-7,9,12H,2-5,8,15H2,1H3,(H2,14,17)/t9-,12+/m0/s1/i6D. The molecule has 6 heteroatoms. The van der Waals surface area contributed by atoms with Crippen LogP contribution in [0.1, 0.15) is 21.1 Å².